The molecule has 0 saturated carbocycles. The molecule has 0 unspecified atom stereocenters. The maximum atomic E-state index is 13.7. The third-order valence-electron chi connectivity index (χ3n) is 4.11. The number of benzene rings is 1. The van der Waals surface area contributed by atoms with E-state index in [0.717, 1.165) is 27.7 Å². The second kappa shape index (κ2) is 7.49. The number of thiazole rings is 1. The van der Waals surface area contributed by atoms with Crippen LogP contribution in [0.4, 0.5) is 4.39 Å². The predicted octanol–water partition coefficient (Wildman–Crippen LogP) is 4.62. The van der Waals surface area contributed by atoms with Crippen LogP contribution in [0.3, 0.4) is 0 Å². The summed E-state index contributed by atoms with van der Waals surface area (Å²) in [5.74, 6) is 0.584. The average molecular weight is 385 g/mol. The van der Waals surface area contributed by atoms with E-state index in [1.165, 1.54) is 6.07 Å². The minimum absolute atomic E-state index is 0.211. The number of nitrogens with one attached hydrogen (secondary N) is 1. The van der Waals surface area contributed by atoms with Crippen LogP contribution in [0, 0.1) is 5.82 Å². The van der Waals surface area contributed by atoms with Gasteiger partial charge in [0.25, 0.3) is 0 Å². The van der Waals surface area contributed by atoms with E-state index < -0.39 is 0 Å². The van der Waals surface area contributed by atoms with Gasteiger partial charge in [-0.3, -0.25) is 5.32 Å². The van der Waals surface area contributed by atoms with Crippen molar-refractivity contribution in [3.05, 3.63) is 81.8 Å². The molecule has 26 heavy (non-hydrogen) atoms. The molecule has 0 aliphatic rings. The van der Waals surface area contributed by atoms with Crippen LogP contribution in [0.25, 0.3) is 10.6 Å². The van der Waals surface area contributed by atoms with Crippen molar-refractivity contribution in [2.75, 3.05) is 0 Å². The summed E-state index contributed by atoms with van der Waals surface area (Å²) in [5.41, 5.74) is 2.96. The topological polar surface area (TPSA) is 42.7 Å². The normalized spacial score (nSPS) is 12.4. The Bertz CT molecular complexity index is 991. The van der Waals surface area contributed by atoms with Gasteiger partial charge in [0.15, 0.2) is 0 Å². The molecular formula is C19H17FN4S2. The third kappa shape index (κ3) is 3.60. The molecule has 4 rings (SSSR count). The van der Waals surface area contributed by atoms with Gasteiger partial charge in [-0.2, -0.15) is 11.3 Å². The number of aryl methyl sites for hydroxylation is 1. The van der Waals surface area contributed by atoms with E-state index in [1.807, 2.05) is 23.9 Å². The summed E-state index contributed by atoms with van der Waals surface area (Å²) in [6.07, 6.45) is 3.64. The second-order valence-corrected chi connectivity index (χ2v) is 7.56. The van der Waals surface area contributed by atoms with Crippen LogP contribution >= 0.6 is 22.7 Å². The molecule has 4 aromatic rings. The molecule has 1 N–H and O–H groups in total. The van der Waals surface area contributed by atoms with Crippen LogP contribution in [0.2, 0.25) is 0 Å². The van der Waals surface area contributed by atoms with E-state index in [4.69, 9.17) is 4.98 Å². The summed E-state index contributed by atoms with van der Waals surface area (Å²) in [4.78, 5) is 9.14. The fraction of sp³-hybridized carbons (Fsp3) is 0.158. The number of hydrogen-bond acceptors (Lipinski definition) is 5. The summed E-state index contributed by atoms with van der Waals surface area (Å²) >= 11 is 3.30. The van der Waals surface area contributed by atoms with Crippen molar-refractivity contribution in [1.82, 2.24) is 19.9 Å². The van der Waals surface area contributed by atoms with E-state index in [2.05, 4.69) is 32.5 Å². The molecule has 3 heterocycles. The van der Waals surface area contributed by atoms with Gasteiger partial charge in [0.05, 0.1) is 11.7 Å². The van der Waals surface area contributed by atoms with E-state index in [9.17, 15) is 4.39 Å². The lowest BCUT2D eigenvalue weighted by Gasteiger charge is -2.18. The highest BCUT2D eigenvalue weighted by Crippen LogP contribution is 2.26. The quantitative estimate of drug-likeness (QED) is 0.527. The molecular weight excluding hydrogens is 367 g/mol. The molecule has 3 aromatic heterocycles. The van der Waals surface area contributed by atoms with Crippen LogP contribution in [0.15, 0.2) is 58.9 Å². The maximum Gasteiger partial charge on any atom is 0.130 e. The van der Waals surface area contributed by atoms with Crippen LogP contribution in [-0.2, 0) is 13.6 Å². The Balaban J connectivity index is 1.57. The van der Waals surface area contributed by atoms with Gasteiger partial charge >= 0.3 is 0 Å². The van der Waals surface area contributed by atoms with Crippen molar-refractivity contribution in [2.45, 2.75) is 12.6 Å². The van der Waals surface area contributed by atoms with Crippen LogP contribution < -0.4 is 5.32 Å². The molecule has 4 nitrogen and oxygen atoms in total. The van der Waals surface area contributed by atoms with Gasteiger partial charge < -0.3 is 4.57 Å². The van der Waals surface area contributed by atoms with Gasteiger partial charge in [-0.25, -0.2) is 14.4 Å². The van der Waals surface area contributed by atoms with Gasteiger partial charge in [0.2, 0.25) is 0 Å². The number of thiophene rings is 1. The van der Waals surface area contributed by atoms with E-state index in [-0.39, 0.29) is 11.9 Å². The standard InChI is InChI=1S/C19H17FN4S2/c1-24-7-6-21-18(24)17(13-3-2-4-15(20)9-13)22-10-16-12-26-19(23-16)14-5-8-25-11-14/h2-9,11-12,17,22H,10H2,1H3/t17-/m1/s1. The molecule has 0 aliphatic heterocycles. The number of imidazole rings is 1. The molecule has 1 aromatic carbocycles. The predicted molar refractivity (Wildman–Crippen MR) is 104 cm³/mol. The highest BCUT2D eigenvalue weighted by atomic mass is 32.1. The van der Waals surface area contributed by atoms with Gasteiger partial charge in [-0.1, -0.05) is 12.1 Å². The van der Waals surface area contributed by atoms with Gasteiger partial charge in [0.1, 0.15) is 16.6 Å². The zero-order valence-corrected chi connectivity index (χ0v) is 15.7. The van der Waals surface area contributed by atoms with Crippen molar-refractivity contribution in [1.29, 1.82) is 0 Å². The molecule has 7 heteroatoms. The monoisotopic (exact) mass is 384 g/mol. The molecule has 0 bridgehead atoms. The Labute approximate surface area is 159 Å². The first-order chi connectivity index (χ1) is 12.7. The second-order valence-electron chi connectivity index (χ2n) is 5.92. The number of aromatic nitrogens is 3. The smallest absolute Gasteiger partial charge is 0.130 e. The van der Waals surface area contributed by atoms with E-state index in [1.54, 1.807) is 41.0 Å². The number of rotatable bonds is 6. The largest absolute Gasteiger partial charge is 0.336 e. The van der Waals surface area contributed by atoms with Crippen molar-refractivity contribution in [3.63, 3.8) is 0 Å². The Morgan fingerprint density at radius 1 is 1.27 bits per heavy atom. The molecule has 0 aliphatic carbocycles. The van der Waals surface area contributed by atoms with Crippen molar-refractivity contribution >= 4 is 22.7 Å². The zero-order chi connectivity index (χ0) is 17.9. The Kier molecular flexibility index (Phi) is 4.92. The highest BCUT2D eigenvalue weighted by Gasteiger charge is 2.19. The van der Waals surface area contributed by atoms with Gasteiger partial charge in [-0.15, -0.1) is 11.3 Å². The Morgan fingerprint density at radius 3 is 2.92 bits per heavy atom. The van der Waals surface area contributed by atoms with Crippen molar-refractivity contribution < 1.29 is 4.39 Å². The molecule has 0 radical (unpaired) electrons. The molecule has 0 amide bonds. The molecule has 0 spiro atoms. The fourth-order valence-corrected chi connectivity index (χ4v) is 4.35. The summed E-state index contributed by atoms with van der Waals surface area (Å²) < 4.78 is 15.7. The molecule has 0 saturated heterocycles. The average Bonchev–Trinajstić information content (AvgIpc) is 3.37. The summed E-state index contributed by atoms with van der Waals surface area (Å²) in [6.45, 7) is 0.578. The maximum absolute atomic E-state index is 13.7. The molecule has 0 fully saturated rings. The van der Waals surface area contributed by atoms with Gasteiger partial charge in [-0.05, 0) is 29.1 Å². The summed E-state index contributed by atoms with van der Waals surface area (Å²) in [7, 11) is 1.94. The number of nitrogens with zero attached hydrogens (tertiary/aromatic N) is 3. The summed E-state index contributed by atoms with van der Waals surface area (Å²) in [6, 6.07) is 8.49. The Hall–Kier alpha value is -2.35. The zero-order valence-electron chi connectivity index (χ0n) is 14.1. The highest BCUT2D eigenvalue weighted by molar-refractivity contribution is 7.14. The lowest BCUT2D eigenvalue weighted by Crippen LogP contribution is -2.25. The van der Waals surface area contributed by atoms with Crippen LogP contribution in [-0.4, -0.2) is 14.5 Å². The van der Waals surface area contributed by atoms with Crippen LogP contribution in [0.5, 0.6) is 0 Å². The lowest BCUT2D eigenvalue weighted by atomic mass is 10.1. The van der Waals surface area contributed by atoms with Gasteiger partial charge in [0, 0.05) is 42.3 Å². The summed E-state index contributed by atoms with van der Waals surface area (Å²) in [5, 5.41) is 10.7. The van der Waals surface area contributed by atoms with Crippen LogP contribution in [0.1, 0.15) is 23.1 Å². The molecule has 132 valence electrons. The minimum Gasteiger partial charge on any atom is -0.336 e. The van der Waals surface area contributed by atoms with Crippen molar-refractivity contribution in [3.8, 4) is 10.6 Å². The Morgan fingerprint density at radius 2 is 2.19 bits per heavy atom. The van der Waals surface area contributed by atoms with Crippen molar-refractivity contribution in [2.24, 2.45) is 7.05 Å². The minimum atomic E-state index is -0.253. The first-order valence-corrected chi connectivity index (χ1v) is 9.96. The fourth-order valence-electron chi connectivity index (χ4n) is 2.81. The first kappa shape index (κ1) is 17.1. The number of hydrogen-bond donors (Lipinski definition) is 1. The first-order valence-electron chi connectivity index (χ1n) is 8.14. The van der Waals surface area contributed by atoms with E-state index >= 15 is 0 Å². The molecule has 1 atom stereocenters. The number of halogens is 1. The van der Waals surface area contributed by atoms with E-state index in [0.29, 0.717) is 6.54 Å². The SMILES string of the molecule is Cn1ccnc1[C@H](NCc1csc(-c2ccsc2)n1)c1cccc(F)c1. The lowest BCUT2D eigenvalue weighted by molar-refractivity contribution is 0.547. The third-order valence-corrected chi connectivity index (χ3v) is 5.73.